The lowest BCUT2D eigenvalue weighted by Gasteiger charge is -2.06. The Hall–Kier alpha value is -0.760. The lowest BCUT2D eigenvalue weighted by atomic mass is 10.1. The van der Waals surface area contributed by atoms with Crippen LogP contribution in [0.25, 0.3) is 0 Å². The van der Waals surface area contributed by atoms with E-state index in [1.807, 2.05) is 6.07 Å². The molecular weight excluding hydrogens is 257 g/mol. The zero-order valence-electron chi connectivity index (χ0n) is 7.79. The summed E-state index contributed by atoms with van der Waals surface area (Å²) in [5.41, 5.74) is 1.36. The highest BCUT2D eigenvalue weighted by Crippen LogP contribution is 2.25. The molecule has 0 aliphatic heterocycles. The Balaban J connectivity index is 3.59. The van der Waals surface area contributed by atoms with E-state index >= 15 is 0 Å². The van der Waals surface area contributed by atoms with Crippen LogP contribution in [0, 0.1) is 18.3 Å². The molecule has 3 nitrogen and oxygen atoms in total. The molecule has 0 aliphatic carbocycles. The number of benzene rings is 1. The molecular formula is C9H7Cl2NO2S. The first-order valence-corrected chi connectivity index (χ1v) is 6.78. The molecule has 0 N–H and O–H groups in total. The Morgan fingerprint density at radius 3 is 2.47 bits per heavy atom. The zero-order chi connectivity index (χ0) is 11.6. The van der Waals surface area contributed by atoms with E-state index in [0.717, 1.165) is 0 Å². The number of nitriles is 1. The maximum atomic E-state index is 11.2. The molecule has 6 heteroatoms. The average Bonchev–Trinajstić information content (AvgIpc) is 2.15. The van der Waals surface area contributed by atoms with Crippen LogP contribution in [-0.2, 0) is 14.9 Å². The molecule has 0 atom stereocenters. The van der Waals surface area contributed by atoms with Crippen molar-refractivity contribution in [1.29, 1.82) is 5.26 Å². The third-order valence-corrected chi connectivity index (χ3v) is 3.63. The normalized spacial score (nSPS) is 11.1. The number of hydrogen-bond acceptors (Lipinski definition) is 3. The van der Waals surface area contributed by atoms with E-state index in [2.05, 4.69) is 0 Å². The fraction of sp³-hybridized carbons (Fsp3) is 0.222. The maximum Gasteiger partial charge on any atom is 0.261 e. The summed E-state index contributed by atoms with van der Waals surface area (Å²) in [5, 5.41) is 8.75. The average molecular weight is 264 g/mol. The van der Waals surface area contributed by atoms with E-state index in [1.54, 1.807) is 13.0 Å². The number of halogens is 2. The van der Waals surface area contributed by atoms with Crippen molar-refractivity contribution in [1.82, 2.24) is 0 Å². The summed E-state index contributed by atoms with van der Waals surface area (Å²) in [5.74, 6) is 0.0355. The van der Waals surface area contributed by atoms with Crippen LogP contribution in [0.15, 0.2) is 17.0 Å². The summed E-state index contributed by atoms with van der Waals surface area (Å²) in [6.45, 7) is 1.71. The lowest BCUT2D eigenvalue weighted by molar-refractivity contribution is 0.609. The molecule has 1 rings (SSSR count). The van der Waals surface area contributed by atoms with Crippen molar-refractivity contribution in [2.75, 3.05) is 0 Å². The molecule has 1 aromatic carbocycles. The molecule has 0 saturated carbocycles. The maximum absolute atomic E-state index is 11.2. The van der Waals surface area contributed by atoms with Gasteiger partial charge in [0.2, 0.25) is 0 Å². The van der Waals surface area contributed by atoms with Crippen molar-refractivity contribution in [3.63, 3.8) is 0 Å². The Bertz CT molecular complexity index is 532. The summed E-state index contributed by atoms with van der Waals surface area (Å²) in [4.78, 5) is -0.0960. The topological polar surface area (TPSA) is 57.9 Å². The summed E-state index contributed by atoms with van der Waals surface area (Å²) < 4.78 is 22.4. The number of nitrogens with zero attached hydrogens (tertiary/aromatic N) is 1. The molecule has 0 radical (unpaired) electrons. The first-order chi connectivity index (χ1) is 6.90. The Morgan fingerprint density at radius 1 is 1.47 bits per heavy atom. The van der Waals surface area contributed by atoms with Gasteiger partial charge in [-0.1, -0.05) is 6.07 Å². The van der Waals surface area contributed by atoms with Gasteiger partial charge in [0.1, 0.15) is 0 Å². The van der Waals surface area contributed by atoms with Gasteiger partial charge >= 0.3 is 0 Å². The van der Waals surface area contributed by atoms with Crippen LogP contribution < -0.4 is 0 Å². The molecule has 80 valence electrons. The van der Waals surface area contributed by atoms with Gasteiger partial charge in [0.15, 0.2) is 0 Å². The van der Waals surface area contributed by atoms with Crippen LogP contribution in [-0.4, -0.2) is 8.42 Å². The molecule has 15 heavy (non-hydrogen) atoms. The van der Waals surface area contributed by atoms with Crippen molar-refractivity contribution >= 4 is 31.3 Å². The monoisotopic (exact) mass is 263 g/mol. The fourth-order valence-corrected chi connectivity index (χ4v) is 2.63. The van der Waals surface area contributed by atoms with Gasteiger partial charge in [0.05, 0.1) is 16.5 Å². The highest BCUT2D eigenvalue weighted by Gasteiger charge is 2.17. The van der Waals surface area contributed by atoms with Gasteiger partial charge in [0.25, 0.3) is 9.05 Å². The van der Waals surface area contributed by atoms with Crippen LogP contribution >= 0.6 is 22.3 Å². The summed E-state index contributed by atoms with van der Waals surface area (Å²) in [7, 11) is 1.37. The highest BCUT2D eigenvalue weighted by molar-refractivity contribution is 8.13. The third kappa shape index (κ3) is 2.63. The lowest BCUT2D eigenvalue weighted by Crippen LogP contribution is -1.99. The number of alkyl halides is 1. The van der Waals surface area contributed by atoms with E-state index in [1.165, 1.54) is 6.07 Å². The number of rotatable bonds is 2. The molecule has 0 aliphatic rings. The van der Waals surface area contributed by atoms with Crippen LogP contribution in [0.3, 0.4) is 0 Å². The zero-order valence-corrected chi connectivity index (χ0v) is 10.1. The van der Waals surface area contributed by atoms with E-state index in [-0.39, 0.29) is 16.3 Å². The summed E-state index contributed by atoms with van der Waals surface area (Å²) >= 11 is 5.60. The third-order valence-electron chi connectivity index (χ3n) is 1.93. The minimum absolute atomic E-state index is 0.0355. The van der Waals surface area contributed by atoms with E-state index < -0.39 is 9.05 Å². The molecule has 0 fully saturated rings. The molecule has 0 bridgehead atoms. The minimum atomic E-state index is -3.86. The van der Waals surface area contributed by atoms with E-state index in [0.29, 0.717) is 11.1 Å². The van der Waals surface area contributed by atoms with Gasteiger partial charge in [-0.15, -0.1) is 11.6 Å². The fourth-order valence-electron chi connectivity index (χ4n) is 1.20. The predicted molar refractivity (Wildman–Crippen MR) is 58.5 cm³/mol. The van der Waals surface area contributed by atoms with E-state index in [4.69, 9.17) is 27.5 Å². The second kappa shape index (κ2) is 4.40. The second-order valence-corrected chi connectivity index (χ2v) is 5.76. The van der Waals surface area contributed by atoms with Gasteiger partial charge in [-0.3, -0.25) is 0 Å². The smallest absolute Gasteiger partial charge is 0.207 e. The largest absolute Gasteiger partial charge is 0.261 e. The van der Waals surface area contributed by atoms with Gasteiger partial charge in [-0.05, 0) is 24.1 Å². The second-order valence-electron chi connectivity index (χ2n) is 2.96. The standard InChI is InChI=1S/C9H7Cl2NO2S/c1-6-2-7(4-10)9(15(11,13)14)3-8(6)5-12/h2-3H,4H2,1H3. The molecule has 0 unspecified atom stereocenters. The first-order valence-electron chi connectivity index (χ1n) is 3.94. The molecule has 0 spiro atoms. The molecule has 0 saturated heterocycles. The summed E-state index contributed by atoms with van der Waals surface area (Å²) in [6, 6.07) is 4.69. The Kier molecular flexibility index (Phi) is 3.61. The van der Waals surface area contributed by atoms with Gasteiger partial charge < -0.3 is 0 Å². The van der Waals surface area contributed by atoms with Gasteiger partial charge in [-0.2, -0.15) is 5.26 Å². The molecule has 1 aromatic rings. The Labute approximate surface area is 97.7 Å². The SMILES string of the molecule is Cc1cc(CCl)c(S(=O)(=O)Cl)cc1C#N. The first kappa shape index (κ1) is 12.3. The van der Waals surface area contributed by atoms with Crippen LogP contribution in [0.5, 0.6) is 0 Å². The van der Waals surface area contributed by atoms with Crippen molar-refractivity contribution < 1.29 is 8.42 Å². The van der Waals surface area contributed by atoms with Gasteiger partial charge in [-0.25, -0.2) is 8.42 Å². The molecule has 0 aromatic heterocycles. The van der Waals surface area contributed by atoms with Crippen molar-refractivity contribution in [2.24, 2.45) is 0 Å². The highest BCUT2D eigenvalue weighted by atomic mass is 35.7. The van der Waals surface area contributed by atoms with Crippen molar-refractivity contribution in [2.45, 2.75) is 17.7 Å². The van der Waals surface area contributed by atoms with Crippen LogP contribution in [0.2, 0.25) is 0 Å². The quantitative estimate of drug-likeness (QED) is 0.609. The van der Waals surface area contributed by atoms with Crippen molar-refractivity contribution in [3.05, 3.63) is 28.8 Å². The van der Waals surface area contributed by atoms with E-state index in [9.17, 15) is 8.42 Å². The minimum Gasteiger partial charge on any atom is -0.207 e. The Morgan fingerprint density at radius 2 is 2.07 bits per heavy atom. The van der Waals surface area contributed by atoms with Gasteiger partial charge in [0, 0.05) is 16.6 Å². The van der Waals surface area contributed by atoms with Crippen LogP contribution in [0.1, 0.15) is 16.7 Å². The van der Waals surface area contributed by atoms with Crippen molar-refractivity contribution in [3.8, 4) is 6.07 Å². The molecule has 0 heterocycles. The van der Waals surface area contributed by atoms with Crippen LogP contribution in [0.4, 0.5) is 0 Å². The summed E-state index contributed by atoms with van der Waals surface area (Å²) in [6.07, 6.45) is 0. The number of aryl methyl sites for hydroxylation is 1. The number of hydrogen-bond donors (Lipinski definition) is 0. The molecule has 0 amide bonds. The predicted octanol–water partition coefficient (Wildman–Crippen LogP) is 2.53.